The molecule has 0 aromatic heterocycles. The molecule has 150 valence electrons. The van der Waals surface area contributed by atoms with Crippen molar-refractivity contribution in [1.82, 2.24) is 4.90 Å². The second-order valence-corrected chi connectivity index (χ2v) is 7.66. The molecule has 2 aliphatic heterocycles. The summed E-state index contributed by atoms with van der Waals surface area (Å²) in [5.41, 5.74) is 4.93. The van der Waals surface area contributed by atoms with Crippen LogP contribution in [0.3, 0.4) is 0 Å². The van der Waals surface area contributed by atoms with Gasteiger partial charge in [-0.25, -0.2) is 4.79 Å². The Kier molecular flexibility index (Phi) is 4.71. The minimum absolute atomic E-state index is 0.0279. The fourth-order valence-electron chi connectivity index (χ4n) is 4.35. The largest absolute Gasteiger partial charge is 0.447 e. The standard InChI is InChI=1S/C25H22N2O3/c28-24(19-10-6-11-21(15-19)27-13-14-30-25(27)29)26-16-20-9-4-5-12-22(20)23(17-26)18-7-2-1-3-8-18/h1-12,15,23H,13-14,16-17H2. The molecule has 1 unspecified atom stereocenters. The number of rotatable bonds is 3. The molecule has 0 bridgehead atoms. The van der Waals surface area contributed by atoms with Gasteiger partial charge in [-0.15, -0.1) is 0 Å². The van der Waals surface area contributed by atoms with Gasteiger partial charge in [-0.1, -0.05) is 60.7 Å². The van der Waals surface area contributed by atoms with Crippen LogP contribution < -0.4 is 4.90 Å². The lowest BCUT2D eigenvalue weighted by atomic mass is 9.84. The van der Waals surface area contributed by atoms with Crippen molar-refractivity contribution in [3.05, 3.63) is 101 Å². The van der Waals surface area contributed by atoms with Crippen LogP contribution in [0.2, 0.25) is 0 Å². The summed E-state index contributed by atoms with van der Waals surface area (Å²) in [6.45, 7) is 2.08. The third-order valence-corrected chi connectivity index (χ3v) is 5.85. The average molecular weight is 398 g/mol. The van der Waals surface area contributed by atoms with Crippen molar-refractivity contribution in [3.8, 4) is 0 Å². The number of hydrogen-bond donors (Lipinski definition) is 0. The number of carbonyl (C=O) groups excluding carboxylic acids is 2. The normalized spacial score (nSPS) is 18.1. The third-order valence-electron chi connectivity index (χ3n) is 5.85. The average Bonchev–Trinajstić information content (AvgIpc) is 3.24. The van der Waals surface area contributed by atoms with Crippen LogP contribution in [0.1, 0.15) is 33.0 Å². The molecule has 5 rings (SSSR count). The van der Waals surface area contributed by atoms with Crippen LogP contribution in [-0.4, -0.2) is 36.6 Å². The molecular weight excluding hydrogens is 376 g/mol. The van der Waals surface area contributed by atoms with Gasteiger partial charge in [0.2, 0.25) is 0 Å². The second kappa shape index (κ2) is 7.67. The van der Waals surface area contributed by atoms with E-state index in [1.54, 1.807) is 11.0 Å². The summed E-state index contributed by atoms with van der Waals surface area (Å²) in [5.74, 6) is 0.108. The van der Waals surface area contributed by atoms with Gasteiger partial charge in [-0.2, -0.15) is 0 Å². The van der Waals surface area contributed by atoms with E-state index in [-0.39, 0.29) is 17.9 Å². The van der Waals surface area contributed by atoms with Crippen molar-refractivity contribution in [1.29, 1.82) is 0 Å². The molecule has 3 aromatic rings. The highest BCUT2D eigenvalue weighted by atomic mass is 16.6. The first-order chi connectivity index (χ1) is 14.7. The number of nitrogens with zero attached hydrogens (tertiary/aromatic N) is 2. The molecular formula is C25H22N2O3. The molecule has 0 spiro atoms. The zero-order valence-electron chi connectivity index (χ0n) is 16.5. The topological polar surface area (TPSA) is 49.9 Å². The molecule has 0 aliphatic carbocycles. The van der Waals surface area contributed by atoms with Crippen molar-refractivity contribution >= 4 is 17.7 Å². The Bertz CT molecular complexity index is 1100. The summed E-state index contributed by atoms with van der Waals surface area (Å²) in [6.07, 6.45) is -0.365. The Balaban J connectivity index is 1.46. The van der Waals surface area contributed by atoms with Crippen LogP contribution >= 0.6 is 0 Å². The van der Waals surface area contributed by atoms with Gasteiger partial charge in [0.05, 0.1) is 6.54 Å². The van der Waals surface area contributed by atoms with Gasteiger partial charge in [0.15, 0.2) is 0 Å². The number of amides is 2. The van der Waals surface area contributed by atoms with Crippen LogP contribution in [0.15, 0.2) is 78.9 Å². The molecule has 30 heavy (non-hydrogen) atoms. The predicted molar refractivity (Wildman–Crippen MR) is 115 cm³/mol. The number of anilines is 1. The van der Waals surface area contributed by atoms with Crippen LogP contribution in [0.25, 0.3) is 0 Å². The summed E-state index contributed by atoms with van der Waals surface area (Å²) in [6, 6.07) is 25.9. The first-order valence-corrected chi connectivity index (χ1v) is 10.2. The molecule has 3 aromatic carbocycles. The molecule has 2 heterocycles. The summed E-state index contributed by atoms with van der Waals surface area (Å²) in [4.78, 5) is 28.8. The maximum atomic E-state index is 13.4. The molecule has 2 aliphatic rings. The molecule has 0 N–H and O–H groups in total. The molecule has 1 atom stereocenters. The quantitative estimate of drug-likeness (QED) is 0.656. The Hall–Kier alpha value is -3.60. The van der Waals surface area contributed by atoms with E-state index in [1.165, 1.54) is 16.7 Å². The zero-order chi connectivity index (χ0) is 20.5. The number of benzene rings is 3. The molecule has 0 radical (unpaired) electrons. The third kappa shape index (κ3) is 3.32. The van der Waals surface area contributed by atoms with Crippen LogP contribution in [0.4, 0.5) is 10.5 Å². The fraction of sp³-hybridized carbons (Fsp3) is 0.200. The van der Waals surface area contributed by atoms with Gasteiger partial charge in [-0.05, 0) is 34.9 Å². The fourth-order valence-corrected chi connectivity index (χ4v) is 4.35. The maximum absolute atomic E-state index is 13.4. The number of hydrogen-bond acceptors (Lipinski definition) is 3. The molecule has 2 amide bonds. The van der Waals surface area contributed by atoms with E-state index >= 15 is 0 Å². The Morgan fingerprint density at radius 3 is 2.53 bits per heavy atom. The van der Waals surface area contributed by atoms with Crippen molar-refractivity contribution in [2.24, 2.45) is 0 Å². The lowest BCUT2D eigenvalue weighted by molar-refractivity contribution is 0.0725. The highest BCUT2D eigenvalue weighted by Gasteiger charge is 2.30. The number of carbonyl (C=O) groups is 2. The van der Waals surface area contributed by atoms with Crippen molar-refractivity contribution < 1.29 is 14.3 Å². The van der Waals surface area contributed by atoms with Gasteiger partial charge >= 0.3 is 6.09 Å². The van der Waals surface area contributed by atoms with E-state index < -0.39 is 0 Å². The van der Waals surface area contributed by atoms with Crippen LogP contribution in [-0.2, 0) is 11.3 Å². The van der Waals surface area contributed by atoms with E-state index in [1.807, 2.05) is 47.4 Å². The van der Waals surface area contributed by atoms with E-state index in [9.17, 15) is 9.59 Å². The first-order valence-electron chi connectivity index (χ1n) is 10.2. The number of cyclic esters (lactones) is 1. The van der Waals surface area contributed by atoms with Gasteiger partial charge in [0.25, 0.3) is 5.91 Å². The van der Waals surface area contributed by atoms with Crippen LogP contribution in [0.5, 0.6) is 0 Å². The minimum atomic E-state index is -0.365. The molecule has 0 saturated carbocycles. The lowest BCUT2D eigenvalue weighted by Gasteiger charge is -2.35. The van der Waals surface area contributed by atoms with Crippen LogP contribution in [0, 0.1) is 0 Å². The van der Waals surface area contributed by atoms with Crippen molar-refractivity contribution in [2.45, 2.75) is 12.5 Å². The second-order valence-electron chi connectivity index (χ2n) is 7.66. The number of fused-ring (bicyclic) bond motifs is 1. The van der Waals surface area contributed by atoms with Gasteiger partial charge in [-0.3, -0.25) is 9.69 Å². The van der Waals surface area contributed by atoms with Gasteiger partial charge in [0.1, 0.15) is 6.61 Å². The van der Waals surface area contributed by atoms with Crippen molar-refractivity contribution in [2.75, 3.05) is 24.6 Å². The minimum Gasteiger partial charge on any atom is -0.447 e. The Labute approximate surface area is 175 Å². The summed E-state index contributed by atoms with van der Waals surface area (Å²) in [5, 5.41) is 0. The maximum Gasteiger partial charge on any atom is 0.414 e. The van der Waals surface area contributed by atoms with Gasteiger partial charge < -0.3 is 9.64 Å². The monoisotopic (exact) mass is 398 g/mol. The smallest absolute Gasteiger partial charge is 0.414 e. The molecule has 5 nitrogen and oxygen atoms in total. The number of ether oxygens (including phenoxy) is 1. The Morgan fingerprint density at radius 2 is 1.73 bits per heavy atom. The summed E-state index contributed by atoms with van der Waals surface area (Å²) < 4.78 is 5.03. The van der Waals surface area contributed by atoms with Crippen molar-refractivity contribution in [3.63, 3.8) is 0 Å². The van der Waals surface area contributed by atoms with E-state index in [0.29, 0.717) is 37.5 Å². The summed E-state index contributed by atoms with van der Waals surface area (Å²) >= 11 is 0. The highest BCUT2D eigenvalue weighted by molar-refractivity contribution is 5.97. The van der Waals surface area contributed by atoms with E-state index in [0.717, 1.165) is 0 Å². The predicted octanol–water partition coefficient (Wildman–Crippen LogP) is 4.43. The molecule has 5 heteroatoms. The zero-order valence-corrected chi connectivity index (χ0v) is 16.5. The molecule has 1 saturated heterocycles. The van der Waals surface area contributed by atoms with Gasteiger partial charge in [0, 0.05) is 30.3 Å². The van der Waals surface area contributed by atoms with E-state index in [2.05, 4.69) is 30.3 Å². The lowest BCUT2D eigenvalue weighted by Crippen LogP contribution is -2.38. The van der Waals surface area contributed by atoms with E-state index in [4.69, 9.17) is 4.74 Å². The Morgan fingerprint density at radius 1 is 0.933 bits per heavy atom. The summed E-state index contributed by atoms with van der Waals surface area (Å²) in [7, 11) is 0. The SMILES string of the molecule is O=C(c1cccc(N2CCOC2=O)c1)N1Cc2ccccc2C(c2ccccc2)C1. The molecule has 1 fully saturated rings. The first kappa shape index (κ1) is 18.4. The highest BCUT2D eigenvalue weighted by Crippen LogP contribution is 2.34.